The summed E-state index contributed by atoms with van der Waals surface area (Å²) in [6, 6.07) is 3.59. The van der Waals surface area contributed by atoms with Crippen LogP contribution in [0, 0.1) is 0 Å². The Morgan fingerprint density at radius 1 is 1.65 bits per heavy atom. The van der Waals surface area contributed by atoms with Gasteiger partial charge < -0.3 is 10.0 Å². The van der Waals surface area contributed by atoms with Gasteiger partial charge >= 0.3 is 5.97 Å². The molecule has 0 aliphatic heterocycles. The van der Waals surface area contributed by atoms with Crippen molar-refractivity contribution in [1.29, 1.82) is 0 Å². The van der Waals surface area contributed by atoms with Crippen LogP contribution < -0.4 is 4.90 Å². The molecule has 0 bridgehead atoms. The summed E-state index contributed by atoms with van der Waals surface area (Å²) >= 11 is 5.99. The van der Waals surface area contributed by atoms with E-state index in [1.54, 1.807) is 12.3 Å². The zero-order chi connectivity index (χ0) is 12.8. The van der Waals surface area contributed by atoms with E-state index in [0.717, 1.165) is 11.3 Å². The Hall–Kier alpha value is -1.55. The van der Waals surface area contributed by atoms with Gasteiger partial charge in [0.2, 0.25) is 0 Å². The van der Waals surface area contributed by atoms with E-state index in [0.29, 0.717) is 18.2 Å². The standard InChI is InChI=1S/C12H15ClN2O2/c1-9(2)8-15(7-5-11(16)17)10-4-3-6-14-12(10)13/h3-4,6H,1,5,7-8H2,2H3,(H,16,17). The number of carbonyl (C=O) groups is 1. The molecule has 0 aliphatic rings. The molecule has 0 saturated carbocycles. The van der Waals surface area contributed by atoms with Gasteiger partial charge in [-0.1, -0.05) is 23.8 Å². The fourth-order valence-electron chi connectivity index (χ4n) is 1.45. The molecule has 0 unspecified atom stereocenters. The van der Waals surface area contributed by atoms with E-state index < -0.39 is 5.97 Å². The van der Waals surface area contributed by atoms with E-state index in [-0.39, 0.29) is 6.42 Å². The second-order valence-electron chi connectivity index (χ2n) is 3.84. The first-order chi connectivity index (χ1) is 8.00. The molecule has 0 spiro atoms. The Balaban J connectivity index is 2.85. The van der Waals surface area contributed by atoms with Crippen LogP contribution in [-0.4, -0.2) is 29.1 Å². The van der Waals surface area contributed by atoms with Gasteiger partial charge in [0.1, 0.15) is 0 Å². The van der Waals surface area contributed by atoms with Gasteiger partial charge in [-0.3, -0.25) is 4.79 Å². The number of halogens is 1. The van der Waals surface area contributed by atoms with E-state index in [1.165, 1.54) is 0 Å². The molecule has 1 aromatic heterocycles. The maximum absolute atomic E-state index is 10.6. The summed E-state index contributed by atoms with van der Waals surface area (Å²) in [5.74, 6) is -0.836. The molecule has 92 valence electrons. The van der Waals surface area contributed by atoms with Gasteiger partial charge in [0.25, 0.3) is 0 Å². The van der Waals surface area contributed by atoms with Crippen molar-refractivity contribution in [2.24, 2.45) is 0 Å². The number of pyridine rings is 1. The summed E-state index contributed by atoms with van der Waals surface area (Å²) in [5, 5.41) is 9.09. The second kappa shape index (κ2) is 6.25. The third-order valence-electron chi connectivity index (χ3n) is 2.14. The molecule has 0 aromatic carbocycles. The Morgan fingerprint density at radius 2 is 2.35 bits per heavy atom. The van der Waals surface area contributed by atoms with Crippen LogP contribution in [0.5, 0.6) is 0 Å². The van der Waals surface area contributed by atoms with Crippen LogP contribution in [0.2, 0.25) is 5.15 Å². The number of aromatic nitrogens is 1. The number of carboxylic acid groups (broad SMARTS) is 1. The summed E-state index contributed by atoms with van der Waals surface area (Å²) in [5.41, 5.74) is 1.67. The number of rotatable bonds is 6. The molecule has 4 nitrogen and oxygen atoms in total. The summed E-state index contributed by atoms with van der Waals surface area (Å²) in [4.78, 5) is 16.5. The third kappa shape index (κ3) is 4.44. The SMILES string of the molecule is C=C(C)CN(CCC(=O)O)c1cccnc1Cl. The Kier molecular flexibility index (Phi) is 4.97. The molecule has 0 atom stereocenters. The largest absolute Gasteiger partial charge is 0.481 e. The van der Waals surface area contributed by atoms with Gasteiger partial charge in [-0.15, -0.1) is 0 Å². The fraction of sp³-hybridized carbons (Fsp3) is 0.333. The molecule has 1 rings (SSSR count). The van der Waals surface area contributed by atoms with Gasteiger partial charge in [-0.05, 0) is 19.1 Å². The quantitative estimate of drug-likeness (QED) is 0.626. The predicted octanol–water partition coefficient (Wildman–Crippen LogP) is 2.59. The average Bonchev–Trinajstić information content (AvgIpc) is 2.24. The third-order valence-corrected chi connectivity index (χ3v) is 2.43. The molecule has 17 heavy (non-hydrogen) atoms. The van der Waals surface area contributed by atoms with Crippen molar-refractivity contribution in [3.05, 3.63) is 35.6 Å². The average molecular weight is 255 g/mol. The number of aliphatic carboxylic acids is 1. The number of carboxylic acids is 1. The highest BCUT2D eigenvalue weighted by Gasteiger charge is 2.12. The molecule has 1 heterocycles. The number of hydrogen-bond donors (Lipinski definition) is 1. The molecular formula is C12H15ClN2O2. The Bertz CT molecular complexity index is 421. The van der Waals surface area contributed by atoms with Crippen molar-refractivity contribution in [3.63, 3.8) is 0 Å². The molecule has 0 aliphatic carbocycles. The first-order valence-electron chi connectivity index (χ1n) is 5.22. The highest BCUT2D eigenvalue weighted by atomic mass is 35.5. The van der Waals surface area contributed by atoms with E-state index in [9.17, 15) is 4.79 Å². The number of anilines is 1. The topological polar surface area (TPSA) is 53.4 Å². The van der Waals surface area contributed by atoms with E-state index >= 15 is 0 Å². The fourth-order valence-corrected chi connectivity index (χ4v) is 1.69. The van der Waals surface area contributed by atoms with Crippen molar-refractivity contribution in [1.82, 2.24) is 4.98 Å². The predicted molar refractivity (Wildman–Crippen MR) is 68.5 cm³/mol. The maximum Gasteiger partial charge on any atom is 0.305 e. The van der Waals surface area contributed by atoms with Crippen LogP contribution in [-0.2, 0) is 4.79 Å². The lowest BCUT2D eigenvalue weighted by Crippen LogP contribution is -2.28. The summed E-state index contributed by atoms with van der Waals surface area (Å²) < 4.78 is 0. The van der Waals surface area contributed by atoms with E-state index in [1.807, 2.05) is 17.9 Å². The lowest BCUT2D eigenvalue weighted by molar-refractivity contribution is -0.136. The lowest BCUT2D eigenvalue weighted by Gasteiger charge is -2.24. The second-order valence-corrected chi connectivity index (χ2v) is 4.19. The van der Waals surface area contributed by atoms with Crippen molar-refractivity contribution in [3.8, 4) is 0 Å². The monoisotopic (exact) mass is 254 g/mol. The van der Waals surface area contributed by atoms with Gasteiger partial charge in [0.15, 0.2) is 5.15 Å². The van der Waals surface area contributed by atoms with Crippen LogP contribution in [0.3, 0.4) is 0 Å². The highest BCUT2D eigenvalue weighted by molar-refractivity contribution is 6.32. The van der Waals surface area contributed by atoms with E-state index in [2.05, 4.69) is 11.6 Å². The minimum absolute atomic E-state index is 0.0541. The molecule has 5 heteroatoms. The van der Waals surface area contributed by atoms with Gasteiger partial charge in [-0.25, -0.2) is 4.98 Å². The molecule has 0 fully saturated rings. The minimum atomic E-state index is -0.836. The van der Waals surface area contributed by atoms with Crippen molar-refractivity contribution in [2.45, 2.75) is 13.3 Å². The van der Waals surface area contributed by atoms with Crippen molar-refractivity contribution in [2.75, 3.05) is 18.0 Å². The van der Waals surface area contributed by atoms with Crippen LogP contribution in [0.25, 0.3) is 0 Å². The molecular weight excluding hydrogens is 240 g/mol. The van der Waals surface area contributed by atoms with Crippen molar-refractivity contribution >= 4 is 23.3 Å². The molecule has 0 amide bonds. The van der Waals surface area contributed by atoms with E-state index in [4.69, 9.17) is 16.7 Å². The zero-order valence-electron chi connectivity index (χ0n) is 9.69. The van der Waals surface area contributed by atoms with Crippen LogP contribution in [0.1, 0.15) is 13.3 Å². The van der Waals surface area contributed by atoms with Gasteiger partial charge in [-0.2, -0.15) is 0 Å². The molecule has 1 N–H and O–H groups in total. The van der Waals surface area contributed by atoms with Crippen LogP contribution in [0.4, 0.5) is 5.69 Å². The van der Waals surface area contributed by atoms with Gasteiger partial charge in [0, 0.05) is 19.3 Å². The minimum Gasteiger partial charge on any atom is -0.481 e. The zero-order valence-corrected chi connectivity index (χ0v) is 10.4. The maximum atomic E-state index is 10.6. The first-order valence-corrected chi connectivity index (χ1v) is 5.60. The first kappa shape index (κ1) is 13.5. The van der Waals surface area contributed by atoms with Crippen molar-refractivity contribution < 1.29 is 9.90 Å². The highest BCUT2D eigenvalue weighted by Crippen LogP contribution is 2.23. The summed E-state index contributed by atoms with van der Waals surface area (Å²) in [6.45, 7) is 6.66. The van der Waals surface area contributed by atoms with Gasteiger partial charge in [0.05, 0.1) is 12.1 Å². The molecule has 1 aromatic rings. The summed E-state index contributed by atoms with van der Waals surface area (Å²) in [6.07, 6.45) is 1.65. The summed E-state index contributed by atoms with van der Waals surface area (Å²) in [7, 11) is 0. The smallest absolute Gasteiger partial charge is 0.305 e. The van der Waals surface area contributed by atoms with Crippen LogP contribution in [0.15, 0.2) is 30.5 Å². The lowest BCUT2D eigenvalue weighted by atomic mass is 10.2. The number of nitrogens with zero attached hydrogens (tertiary/aromatic N) is 2. The molecule has 0 radical (unpaired) electrons. The van der Waals surface area contributed by atoms with Crippen LogP contribution >= 0.6 is 11.6 Å². The number of hydrogen-bond acceptors (Lipinski definition) is 3. The Labute approximate surface area is 106 Å². The normalized spacial score (nSPS) is 10.0. The molecule has 0 saturated heterocycles. The Morgan fingerprint density at radius 3 is 2.88 bits per heavy atom.